The average molecular weight is 298 g/mol. The van der Waals surface area contributed by atoms with Crippen LogP contribution in [0.25, 0.3) is 0 Å². The van der Waals surface area contributed by atoms with E-state index in [2.05, 4.69) is 36.1 Å². The summed E-state index contributed by atoms with van der Waals surface area (Å²) in [5.74, 6) is 1.32. The van der Waals surface area contributed by atoms with Gasteiger partial charge in [0.1, 0.15) is 0 Å². The largest absolute Gasteiger partial charge is 0.308 e. The van der Waals surface area contributed by atoms with Gasteiger partial charge in [-0.05, 0) is 31.2 Å². The monoisotopic (exact) mass is 297 g/mol. The third kappa shape index (κ3) is 4.49. The first-order valence-electron chi connectivity index (χ1n) is 8.04. The van der Waals surface area contributed by atoms with Crippen LogP contribution >= 0.6 is 11.6 Å². The van der Waals surface area contributed by atoms with Crippen molar-refractivity contribution in [3.05, 3.63) is 18.0 Å². The lowest BCUT2D eigenvalue weighted by Crippen LogP contribution is -2.34. The molecule has 1 fully saturated rings. The Morgan fingerprint density at radius 2 is 2.10 bits per heavy atom. The van der Waals surface area contributed by atoms with Crippen LogP contribution in [0, 0.1) is 5.92 Å². The fourth-order valence-electron chi connectivity index (χ4n) is 3.04. The molecule has 1 unspecified atom stereocenters. The van der Waals surface area contributed by atoms with Crippen LogP contribution in [0.4, 0.5) is 0 Å². The number of nitrogens with one attached hydrogen (secondary N) is 1. The standard InChI is InChI=1S/C16H28ClN3/c1-13(2)16(8-10-17)18-12-14-9-11-20(19-14)15-6-4-3-5-7-15/h9,11,13,15-16,18H,3-8,10,12H2,1-2H3. The molecule has 2 rings (SSSR count). The third-order valence-corrected chi connectivity index (χ3v) is 4.60. The topological polar surface area (TPSA) is 29.9 Å². The smallest absolute Gasteiger partial charge is 0.0762 e. The Morgan fingerprint density at radius 3 is 2.75 bits per heavy atom. The number of alkyl halides is 1. The minimum absolute atomic E-state index is 0.479. The van der Waals surface area contributed by atoms with Crippen LogP contribution in [0.5, 0.6) is 0 Å². The average Bonchev–Trinajstić information content (AvgIpc) is 2.93. The zero-order valence-corrected chi connectivity index (χ0v) is 13.6. The van der Waals surface area contributed by atoms with Crippen molar-refractivity contribution in [1.29, 1.82) is 0 Å². The quantitative estimate of drug-likeness (QED) is 0.767. The maximum Gasteiger partial charge on any atom is 0.0762 e. The first-order valence-corrected chi connectivity index (χ1v) is 8.57. The number of rotatable bonds is 7. The molecule has 4 heteroatoms. The van der Waals surface area contributed by atoms with Gasteiger partial charge < -0.3 is 5.32 Å². The SMILES string of the molecule is CC(C)C(CCCl)NCc1ccn(C2CCCCC2)n1. The lowest BCUT2D eigenvalue weighted by molar-refractivity contribution is 0.326. The zero-order valence-electron chi connectivity index (χ0n) is 12.8. The molecule has 1 heterocycles. The predicted molar refractivity (Wildman–Crippen MR) is 85.2 cm³/mol. The summed E-state index contributed by atoms with van der Waals surface area (Å²) in [6.45, 7) is 5.33. The van der Waals surface area contributed by atoms with Crippen molar-refractivity contribution < 1.29 is 0 Å². The summed E-state index contributed by atoms with van der Waals surface area (Å²) in [5, 5.41) is 8.34. The van der Waals surface area contributed by atoms with E-state index in [-0.39, 0.29) is 0 Å². The summed E-state index contributed by atoms with van der Waals surface area (Å²) in [5.41, 5.74) is 1.15. The van der Waals surface area contributed by atoms with Gasteiger partial charge in [0, 0.05) is 24.7 Å². The van der Waals surface area contributed by atoms with E-state index >= 15 is 0 Å². The lowest BCUT2D eigenvalue weighted by atomic mass is 9.96. The minimum atomic E-state index is 0.479. The highest BCUT2D eigenvalue weighted by Crippen LogP contribution is 2.27. The highest BCUT2D eigenvalue weighted by atomic mass is 35.5. The van der Waals surface area contributed by atoms with E-state index in [0.717, 1.165) is 18.7 Å². The van der Waals surface area contributed by atoms with Crippen molar-refractivity contribution in [3.63, 3.8) is 0 Å². The van der Waals surface area contributed by atoms with Gasteiger partial charge >= 0.3 is 0 Å². The van der Waals surface area contributed by atoms with Gasteiger partial charge in [0.25, 0.3) is 0 Å². The van der Waals surface area contributed by atoms with E-state index < -0.39 is 0 Å². The van der Waals surface area contributed by atoms with Crippen LogP contribution in [-0.2, 0) is 6.54 Å². The van der Waals surface area contributed by atoms with Crippen LogP contribution in [-0.4, -0.2) is 21.7 Å². The van der Waals surface area contributed by atoms with Gasteiger partial charge in [0.2, 0.25) is 0 Å². The van der Waals surface area contributed by atoms with Crippen molar-refractivity contribution in [2.45, 2.75) is 71.0 Å². The number of hydrogen-bond acceptors (Lipinski definition) is 2. The number of hydrogen-bond donors (Lipinski definition) is 1. The first kappa shape index (κ1) is 15.8. The van der Waals surface area contributed by atoms with Crippen LogP contribution < -0.4 is 5.32 Å². The highest BCUT2D eigenvalue weighted by molar-refractivity contribution is 6.17. The fourth-order valence-corrected chi connectivity index (χ4v) is 3.28. The molecule has 0 aromatic carbocycles. The van der Waals surface area contributed by atoms with Crippen LogP contribution in [0.15, 0.2) is 12.3 Å². The molecule has 1 aliphatic rings. The van der Waals surface area contributed by atoms with Crippen molar-refractivity contribution in [1.82, 2.24) is 15.1 Å². The normalized spacial score (nSPS) is 18.6. The molecular weight excluding hydrogens is 270 g/mol. The molecule has 20 heavy (non-hydrogen) atoms. The fraction of sp³-hybridized carbons (Fsp3) is 0.812. The van der Waals surface area contributed by atoms with Gasteiger partial charge in [0.05, 0.1) is 11.7 Å². The molecule has 0 radical (unpaired) electrons. The molecule has 1 N–H and O–H groups in total. The van der Waals surface area contributed by atoms with Crippen molar-refractivity contribution in [3.8, 4) is 0 Å². The van der Waals surface area contributed by atoms with Gasteiger partial charge in [-0.2, -0.15) is 5.10 Å². The zero-order chi connectivity index (χ0) is 14.4. The molecule has 1 saturated carbocycles. The Balaban J connectivity index is 1.85. The summed E-state index contributed by atoms with van der Waals surface area (Å²) >= 11 is 5.87. The van der Waals surface area contributed by atoms with E-state index in [9.17, 15) is 0 Å². The van der Waals surface area contributed by atoms with Gasteiger partial charge in [-0.25, -0.2) is 0 Å². The third-order valence-electron chi connectivity index (χ3n) is 4.38. The molecule has 1 aromatic heterocycles. The Morgan fingerprint density at radius 1 is 1.35 bits per heavy atom. The Bertz CT molecular complexity index is 383. The lowest BCUT2D eigenvalue weighted by Gasteiger charge is -2.22. The number of halogens is 1. The van der Waals surface area contributed by atoms with E-state index in [1.165, 1.54) is 32.1 Å². The maximum atomic E-state index is 5.87. The second kappa shape index (κ2) is 8.04. The molecule has 1 aromatic rings. The van der Waals surface area contributed by atoms with Crippen molar-refractivity contribution in [2.75, 3.05) is 5.88 Å². The van der Waals surface area contributed by atoms with Crippen LogP contribution in [0.3, 0.4) is 0 Å². The molecule has 0 bridgehead atoms. The molecule has 114 valence electrons. The Labute approximate surface area is 128 Å². The predicted octanol–water partition coefficient (Wildman–Crippen LogP) is 4.13. The summed E-state index contributed by atoms with van der Waals surface area (Å²) in [6, 6.07) is 3.26. The summed E-state index contributed by atoms with van der Waals surface area (Å²) in [7, 11) is 0. The van der Waals surface area contributed by atoms with Gasteiger partial charge in [0.15, 0.2) is 0 Å². The minimum Gasteiger partial charge on any atom is -0.308 e. The van der Waals surface area contributed by atoms with Crippen LogP contribution in [0.1, 0.15) is 64.1 Å². The van der Waals surface area contributed by atoms with Crippen molar-refractivity contribution >= 4 is 11.6 Å². The maximum absolute atomic E-state index is 5.87. The van der Waals surface area contributed by atoms with Crippen molar-refractivity contribution in [2.24, 2.45) is 5.92 Å². The van der Waals surface area contributed by atoms with E-state index in [4.69, 9.17) is 16.7 Å². The summed E-state index contributed by atoms with van der Waals surface area (Å²) in [4.78, 5) is 0. The Hall–Kier alpha value is -0.540. The summed E-state index contributed by atoms with van der Waals surface area (Å²) in [6.07, 6.45) is 9.83. The molecule has 0 spiro atoms. The highest BCUT2D eigenvalue weighted by Gasteiger charge is 2.17. The summed E-state index contributed by atoms with van der Waals surface area (Å²) < 4.78 is 2.18. The van der Waals surface area contributed by atoms with E-state index in [1.54, 1.807) is 0 Å². The molecule has 0 amide bonds. The molecule has 3 nitrogen and oxygen atoms in total. The molecule has 1 aliphatic carbocycles. The second-order valence-electron chi connectivity index (χ2n) is 6.29. The van der Waals surface area contributed by atoms with E-state index in [1.807, 2.05) is 0 Å². The van der Waals surface area contributed by atoms with Gasteiger partial charge in [-0.1, -0.05) is 33.1 Å². The van der Waals surface area contributed by atoms with Gasteiger partial charge in [-0.3, -0.25) is 4.68 Å². The molecule has 0 saturated heterocycles. The van der Waals surface area contributed by atoms with E-state index in [0.29, 0.717) is 23.9 Å². The van der Waals surface area contributed by atoms with Gasteiger partial charge in [-0.15, -0.1) is 11.6 Å². The number of nitrogens with zero attached hydrogens (tertiary/aromatic N) is 2. The number of aromatic nitrogens is 2. The molecular formula is C16H28ClN3. The molecule has 1 atom stereocenters. The Kier molecular flexibility index (Phi) is 6.37. The van der Waals surface area contributed by atoms with Crippen LogP contribution in [0.2, 0.25) is 0 Å². The first-order chi connectivity index (χ1) is 9.70. The second-order valence-corrected chi connectivity index (χ2v) is 6.67. The molecule has 0 aliphatic heterocycles.